The molecule has 148 valence electrons. The monoisotopic (exact) mass is 379 g/mol. The van der Waals surface area contributed by atoms with Gasteiger partial charge in [0.05, 0.1) is 18.7 Å². The molecule has 4 fully saturated rings. The average molecular weight is 380 g/mol. The number of hydrogen-bond donors (Lipinski definition) is 1. The summed E-state index contributed by atoms with van der Waals surface area (Å²) in [5.41, 5.74) is 1.55. The van der Waals surface area contributed by atoms with Crippen LogP contribution in [0.5, 0.6) is 0 Å². The molecular weight excluding hydrogens is 350 g/mol. The van der Waals surface area contributed by atoms with E-state index in [1.54, 1.807) is 12.1 Å². The largest absolute Gasteiger partial charge is 0.462 e. The average Bonchev–Trinajstić information content (AvgIpc) is 3.16. The zero-order valence-corrected chi connectivity index (χ0v) is 16.5. The number of furan rings is 1. The summed E-state index contributed by atoms with van der Waals surface area (Å²) in [4.78, 5) is 11.8. The molecule has 0 atom stereocenters. The van der Waals surface area contributed by atoms with E-state index in [9.17, 15) is 4.79 Å². The number of carbonyl (C=O) groups excluding carboxylic acids is 1. The molecular formula is C24H29NO3. The molecule has 4 nitrogen and oxygen atoms in total. The molecule has 4 heteroatoms. The van der Waals surface area contributed by atoms with E-state index >= 15 is 0 Å². The summed E-state index contributed by atoms with van der Waals surface area (Å²) in [7, 11) is 0. The van der Waals surface area contributed by atoms with Crippen molar-refractivity contribution >= 4 is 5.97 Å². The minimum Gasteiger partial charge on any atom is -0.462 e. The van der Waals surface area contributed by atoms with E-state index in [2.05, 4.69) is 11.4 Å². The minimum absolute atomic E-state index is 0.283. The van der Waals surface area contributed by atoms with Crippen molar-refractivity contribution in [3.05, 3.63) is 47.7 Å². The quantitative estimate of drug-likeness (QED) is 0.715. The Bertz CT molecular complexity index is 810. The second kappa shape index (κ2) is 7.40. The molecule has 6 rings (SSSR count). The van der Waals surface area contributed by atoms with Crippen LogP contribution in [0.2, 0.25) is 0 Å². The SMILES string of the molecule is CCOC(=O)c1ccc(-c2ccc(CNC3C4CC5CC(C4)CC3C5)o2)cc1. The first-order valence-corrected chi connectivity index (χ1v) is 10.8. The summed E-state index contributed by atoms with van der Waals surface area (Å²) < 4.78 is 11.1. The van der Waals surface area contributed by atoms with Crippen molar-refractivity contribution in [1.82, 2.24) is 5.32 Å². The van der Waals surface area contributed by atoms with Crippen LogP contribution in [0.15, 0.2) is 40.8 Å². The normalized spacial score (nSPS) is 30.5. The van der Waals surface area contributed by atoms with Gasteiger partial charge in [0.25, 0.3) is 0 Å². The van der Waals surface area contributed by atoms with E-state index in [0.717, 1.165) is 47.3 Å². The first kappa shape index (κ1) is 18.0. The topological polar surface area (TPSA) is 51.5 Å². The lowest BCUT2D eigenvalue weighted by Gasteiger charge is -2.54. The van der Waals surface area contributed by atoms with Gasteiger partial charge in [-0.15, -0.1) is 0 Å². The summed E-state index contributed by atoms with van der Waals surface area (Å²) in [6.07, 6.45) is 7.22. The third kappa shape index (κ3) is 3.39. The summed E-state index contributed by atoms with van der Waals surface area (Å²) in [6, 6.07) is 12.2. The van der Waals surface area contributed by atoms with Gasteiger partial charge in [-0.2, -0.15) is 0 Å². The molecule has 0 unspecified atom stereocenters. The molecule has 1 aromatic heterocycles. The van der Waals surface area contributed by atoms with Crippen LogP contribution in [0.4, 0.5) is 0 Å². The lowest BCUT2D eigenvalue weighted by molar-refractivity contribution is -0.0147. The van der Waals surface area contributed by atoms with Crippen molar-refractivity contribution in [2.45, 2.75) is 51.6 Å². The van der Waals surface area contributed by atoms with Crippen molar-refractivity contribution in [2.24, 2.45) is 23.7 Å². The Labute approximate surface area is 166 Å². The predicted molar refractivity (Wildman–Crippen MR) is 108 cm³/mol. The third-order valence-electron chi connectivity index (χ3n) is 7.08. The number of benzene rings is 1. The van der Waals surface area contributed by atoms with Crippen molar-refractivity contribution in [3.8, 4) is 11.3 Å². The van der Waals surface area contributed by atoms with Crippen molar-refractivity contribution in [2.75, 3.05) is 6.61 Å². The summed E-state index contributed by atoms with van der Waals surface area (Å²) in [5.74, 6) is 5.31. The molecule has 0 spiro atoms. The number of hydrogen-bond acceptors (Lipinski definition) is 4. The van der Waals surface area contributed by atoms with Gasteiger partial charge >= 0.3 is 5.97 Å². The van der Waals surface area contributed by atoms with E-state index < -0.39 is 0 Å². The van der Waals surface area contributed by atoms with Gasteiger partial charge in [-0.05, 0) is 87.0 Å². The highest BCUT2D eigenvalue weighted by Gasteiger charge is 2.47. The highest BCUT2D eigenvalue weighted by molar-refractivity contribution is 5.89. The van der Waals surface area contributed by atoms with E-state index in [4.69, 9.17) is 9.15 Å². The Kier molecular flexibility index (Phi) is 4.75. The van der Waals surface area contributed by atoms with Crippen molar-refractivity contribution < 1.29 is 13.9 Å². The van der Waals surface area contributed by atoms with Gasteiger partial charge in [0.1, 0.15) is 11.5 Å². The van der Waals surface area contributed by atoms with Gasteiger partial charge in [0.15, 0.2) is 0 Å². The smallest absolute Gasteiger partial charge is 0.338 e. The molecule has 1 N–H and O–H groups in total. The van der Waals surface area contributed by atoms with Crippen LogP contribution < -0.4 is 5.32 Å². The molecule has 0 amide bonds. The summed E-state index contributed by atoms with van der Waals surface area (Å²) >= 11 is 0. The lowest BCUT2D eigenvalue weighted by atomic mass is 9.54. The molecule has 1 heterocycles. The first-order chi connectivity index (χ1) is 13.7. The fraction of sp³-hybridized carbons (Fsp3) is 0.542. The summed E-state index contributed by atoms with van der Waals surface area (Å²) in [5, 5.41) is 3.83. The Morgan fingerprint density at radius 3 is 2.32 bits per heavy atom. The standard InChI is InChI=1S/C24H29NO3/c1-2-27-24(26)18-5-3-17(4-6-18)22-8-7-21(28-22)14-25-23-19-10-15-9-16(12-19)13-20(23)11-15/h3-8,15-16,19-20,23,25H,2,9-14H2,1H3. The highest BCUT2D eigenvalue weighted by Crippen LogP contribution is 2.53. The van der Waals surface area contributed by atoms with Crippen molar-refractivity contribution in [1.29, 1.82) is 0 Å². The maximum absolute atomic E-state index is 11.8. The molecule has 2 aromatic rings. The van der Waals surface area contributed by atoms with Crippen LogP contribution in [0.3, 0.4) is 0 Å². The lowest BCUT2D eigenvalue weighted by Crippen LogP contribution is -2.54. The molecule has 0 radical (unpaired) electrons. The zero-order chi connectivity index (χ0) is 19.1. The second-order valence-corrected chi connectivity index (χ2v) is 8.90. The Morgan fingerprint density at radius 2 is 1.68 bits per heavy atom. The third-order valence-corrected chi connectivity index (χ3v) is 7.08. The van der Waals surface area contributed by atoms with Crippen LogP contribution in [-0.4, -0.2) is 18.6 Å². The highest BCUT2D eigenvalue weighted by atomic mass is 16.5. The molecule has 0 saturated heterocycles. The van der Waals surface area contributed by atoms with E-state index in [1.165, 1.54) is 32.1 Å². The van der Waals surface area contributed by atoms with E-state index in [-0.39, 0.29) is 5.97 Å². The number of carbonyl (C=O) groups is 1. The number of rotatable bonds is 6. The fourth-order valence-electron chi connectivity index (χ4n) is 6.09. The van der Waals surface area contributed by atoms with Crippen molar-refractivity contribution in [3.63, 3.8) is 0 Å². The molecule has 4 aliphatic rings. The second-order valence-electron chi connectivity index (χ2n) is 8.90. The molecule has 0 aliphatic heterocycles. The Balaban J connectivity index is 1.21. The molecule has 28 heavy (non-hydrogen) atoms. The number of esters is 1. The predicted octanol–water partition coefficient (Wildman–Crippen LogP) is 5.04. The number of nitrogens with one attached hydrogen (secondary N) is 1. The van der Waals surface area contributed by atoms with E-state index in [1.807, 2.05) is 25.1 Å². The van der Waals surface area contributed by atoms with Crippen LogP contribution in [-0.2, 0) is 11.3 Å². The molecule has 4 saturated carbocycles. The molecule has 1 aromatic carbocycles. The Hall–Kier alpha value is -2.07. The van der Waals surface area contributed by atoms with Gasteiger partial charge in [-0.25, -0.2) is 4.79 Å². The maximum atomic E-state index is 11.8. The summed E-state index contributed by atoms with van der Waals surface area (Å²) in [6.45, 7) is 3.00. The zero-order valence-electron chi connectivity index (χ0n) is 16.5. The maximum Gasteiger partial charge on any atom is 0.338 e. The van der Waals surface area contributed by atoms with Gasteiger partial charge in [0.2, 0.25) is 0 Å². The fourth-order valence-corrected chi connectivity index (χ4v) is 6.09. The van der Waals surface area contributed by atoms with Crippen LogP contribution >= 0.6 is 0 Å². The van der Waals surface area contributed by atoms with Gasteiger partial charge in [-0.1, -0.05) is 12.1 Å². The van der Waals surface area contributed by atoms with Gasteiger partial charge < -0.3 is 14.5 Å². The number of ether oxygens (including phenoxy) is 1. The van der Waals surface area contributed by atoms with Crippen LogP contribution in [0.1, 0.15) is 55.1 Å². The van der Waals surface area contributed by atoms with Crippen LogP contribution in [0.25, 0.3) is 11.3 Å². The van der Waals surface area contributed by atoms with Gasteiger partial charge in [0, 0.05) is 11.6 Å². The molecule has 4 aliphatic carbocycles. The van der Waals surface area contributed by atoms with E-state index in [0.29, 0.717) is 18.2 Å². The van der Waals surface area contributed by atoms with Gasteiger partial charge in [-0.3, -0.25) is 0 Å². The Morgan fingerprint density at radius 1 is 1.00 bits per heavy atom. The first-order valence-electron chi connectivity index (χ1n) is 10.8. The van der Waals surface area contributed by atoms with Crippen LogP contribution in [0, 0.1) is 23.7 Å². The molecule has 4 bridgehead atoms. The minimum atomic E-state index is -0.283.